The molecule has 1 N–H and O–H groups in total. The Kier molecular flexibility index (Phi) is 3.80. The average molecular weight is 344 g/mol. The lowest BCUT2D eigenvalue weighted by Crippen LogP contribution is -2.14. The summed E-state index contributed by atoms with van der Waals surface area (Å²) in [4.78, 5) is 12.9. The number of anilines is 1. The first-order valence-electron chi connectivity index (χ1n) is 6.66. The number of aliphatic carboxylic acids is 1. The average Bonchev–Trinajstić information content (AvgIpc) is 2.89. The van der Waals surface area contributed by atoms with E-state index >= 15 is 0 Å². The molecule has 0 unspecified atom stereocenters. The summed E-state index contributed by atoms with van der Waals surface area (Å²) in [5.74, 6) is -0.944. The third-order valence-corrected chi connectivity index (χ3v) is 4.28. The zero-order valence-electron chi connectivity index (χ0n) is 11.3. The van der Waals surface area contributed by atoms with E-state index in [-0.39, 0.29) is 0 Å². The van der Waals surface area contributed by atoms with E-state index in [0.717, 1.165) is 34.9 Å². The van der Waals surface area contributed by atoms with Crippen molar-refractivity contribution in [1.29, 1.82) is 0 Å². The van der Waals surface area contributed by atoms with Crippen LogP contribution in [-0.4, -0.2) is 11.1 Å². The van der Waals surface area contributed by atoms with Gasteiger partial charge in [-0.1, -0.05) is 46.3 Å². The highest BCUT2D eigenvalue weighted by Gasteiger charge is 2.18. The lowest BCUT2D eigenvalue weighted by Gasteiger charge is -2.18. The van der Waals surface area contributed by atoms with Crippen molar-refractivity contribution < 1.29 is 9.90 Å². The van der Waals surface area contributed by atoms with Crippen LogP contribution in [0.3, 0.4) is 0 Å². The van der Waals surface area contributed by atoms with Gasteiger partial charge in [0.2, 0.25) is 0 Å². The Hall–Kier alpha value is -2.07. The lowest BCUT2D eigenvalue weighted by atomic mass is 10.1. The Labute approximate surface area is 131 Å². The van der Waals surface area contributed by atoms with Crippen LogP contribution in [0.2, 0.25) is 0 Å². The third-order valence-electron chi connectivity index (χ3n) is 3.60. The maximum atomic E-state index is 10.6. The first-order valence-corrected chi connectivity index (χ1v) is 7.45. The van der Waals surface area contributed by atoms with Crippen molar-refractivity contribution in [3.63, 3.8) is 0 Å². The zero-order chi connectivity index (χ0) is 14.8. The molecular formula is C17H14BrNO2. The Morgan fingerprint density at radius 3 is 2.38 bits per heavy atom. The van der Waals surface area contributed by atoms with Gasteiger partial charge in [0.25, 0.3) is 0 Å². The van der Waals surface area contributed by atoms with Crippen LogP contribution in [0.25, 0.3) is 6.08 Å². The minimum Gasteiger partial charge on any atom is -0.478 e. The number of carboxylic acid groups (broad SMARTS) is 1. The van der Waals surface area contributed by atoms with Crippen molar-refractivity contribution in [2.75, 3.05) is 4.90 Å². The fourth-order valence-corrected chi connectivity index (χ4v) is 3.02. The largest absolute Gasteiger partial charge is 0.478 e. The molecule has 3 rings (SSSR count). The van der Waals surface area contributed by atoms with Crippen molar-refractivity contribution in [3.8, 4) is 0 Å². The number of benzene rings is 2. The number of nitrogens with zero attached hydrogens (tertiary/aromatic N) is 1. The fraction of sp³-hybridized carbons (Fsp3) is 0.118. The monoisotopic (exact) mass is 343 g/mol. The van der Waals surface area contributed by atoms with Gasteiger partial charge in [0, 0.05) is 29.3 Å². The van der Waals surface area contributed by atoms with Crippen LogP contribution in [-0.2, 0) is 17.9 Å². The summed E-state index contributed by atoms with van der Waals surface area (Å²) >= 11 is 3.51. The van der Waals surface area contributed by atoms with E-state index in [4.69, 9.17) is 5.11 Å². The number of fused-ring (bicyclic) bond motifs is 1. The topological polar surface area (TPSA) is 40.5 Å². The number of hydrogen-bond donors (Lipinski definition) is 1. The summed E-state index contributed by atoms with van der Waals surface area (Å²) in [5, 5.41) is 8.68. The molecule has 0 spiro atoms. The van der Waals surface area contributed by atoms with Crippen molar-refractivity contribution in [2.45, 2.75) is 13.1 Å². The van der Waals surface area contributed by atoms with E-state index in [1.807, 2.05) is 18.2 Å². The second-order valence-corrected chi connectivity index (χ2v) is 5.86. The van der Waals surface area contributed by atoms with Crippen LogP contribution in [0.15, 0.2) is 53.0 Å². The smallest absolute Gasteiger partial charge is 0.328 e. The van der Waals surface area contributed by atoms with Gasteiger partial charge in [-0.05, 0) is 34.9 Å². The van der Waals surface area contributed by atoms with Gasteiger partial charge in [0.1, 0.15) is 0 Å². The number of carboxylic acids is 1. The second kappa shape index (κ2) is 5.74. The highest BCUT2D eigenvalue weighted by atomic mass is 79.9. The number of rotatable bonds is 3. The molecule has 4 heteroatoms. The lowest BCUT2D eigenvalue weighted by molar-refractivity contribution is -0.131. The molecule has 0 radical (unpaired) electrons. The van der Waals surface area contributed by atoms with Crippen molar-refractivity contribution in [3.05, 3.63) is 69.7 Å². The van der Waals surface area contributed by atoms with Gasteiger partial charge in [-0.2, -0.15) is 0 Å². The Bertz CT molecular complexity index is 699. The molecule has 1 heterocycles. The molecule has 106 valence electrons. The second-order valence-electron chi connectivity index (χ2n) is 5.00. The summed E-state index contributed by atoms with van der Waals surface area (Å²) in [7, 11) is 0. The number of carbonyl (C=O) groups is 1. The maximum absolute atomic E-state index is 10.6. The van der Waals surface area contributed by atoms with Gasteiger partial charge >= 0.3 is 5.97 Å². The predicted octanol–water partition coefficient (Wildman–Crippen LogP) is 4.07. The molecule has 2 aromatic carbocycles. The van der Waals surface area contributed by atoms with E-state index in [1.54, 1.807) is 6.08 Å². The Balaban J connectivity index is 1.82. The van der Waals surface area contributed by atoms with Crippen molar-refractivity contribution >= 4 is 33.7 Å². The van der Waals surface area contributed by atoms with E-state index in [0.29, 0.717) is 0 Å². The molecule has 1 aliphatic rings. The maximum Gasteiger partial charge on any atom is 0.328 e. The molecule has 0 saturated carbocycles. The highest BCUT2D eigenvalue weighted by molar-refractivity contribution is 9.10. The van der Waals surface area contributed by atoms with Crippen molar-refractivity contribution in [2.24, 2.45) is 0 Å². The van der Waals surface area contributed by atoms with Gasteiger partial charge in [-0.25, -0.2) is 4.79 Å². The first kappa shape index (κ1) is 13.9. The van der Waals surface area contributed by atoms with Gasteiger partial charge < -0.3 is 10.0 Å². The highest BCUT2D eigenvalue weighted by Crippen LogP contribution is 2.31. The molecule has 0 bridgehead atoms. The van der Waals surface area contributed by atoms with E-state index in [9.17, 15) is 4.79 Å². The van der Waals surface area contributed by atoms with Crippen LogP contribution in [0.4, 0.5) is 5.69 Å². The van der Waals surface area contributed by atoms with E-state index in [2.05, 4.69) is 45.1 Å². The number of halogens is 1. The summed E-state index contributed by atoms with van der Waals surface area (Å²) in [5.41, 5.74) is 4.72. The molecule has 0 saturated heterocycles. The normalized spacial score (nSPS) is 13.7. The van der Waals surface area contributed by atoms with Crippen LogP contribution in [0, 0.1) is 0 Å². The molecule has 0 atom stereocenters. The van der Waals surface area contributed by atoms with Gasteiger partial charge in [0.15, 0.2) is 0 Å². The van der Waals surface area contributed by atoms with Gasteiger partial charge in [0.05, 0.1) is 0 Å². The molecular weight excluding hydrogens is 330 g/mol. The van der Waals surface area contributed by atoms with Crippen molar-refractivity contribution in [1.82, 2.24) is 0 Å². The molecule has 0 aliphatic carbocycles. The molecule has 2 aromatic rings. The molecule has 3 nitrogen and oxygen atoms in total. The first-order chi connectivity index (χ1) is 10.1. The zero-order valence-corrected chi connectivity index (χ0v) is 12.9. The van der Waals surface area contributed by atoms with Crippen LogP contribution >= 0.6 is 15.9 Å². The standard InChI is InChI=1S/C17H14BrNO2/c18-16-9-15(7-5-12(16)6-8-17(20)21)19-10-13-3-1-2-4-14(13)11-19/h1-9H,10-11H2,(H,20,21)/b8-6+. The number of hydrogen-bond acceptors (Lipinski definition) is 2. The summed E-state index contributed by atoms with van der Waals surface area (Å²) < 4.78 is 0.897. The summed E-state index contributed by atoms with van der Waals surface area (Å²) in [6.45, 7) is 1.82. The summed E-state index contributed by atoms with van der Waals surface area (Å²) in [6.07, 6.45) is 2.74. The van der Waals surface area contributed by atoms with E-state index in [1.165, 1.54) is 11.1 Å². The Morgan fingerprint density at radius 2 is 1.81 bits per heavy atom. The minimum absolute atomic E-state index is 0.859. The molecule has 0 amide bonds. The summed E-state index contributed by atoms with van der Waals surface area (Å²) in [6, 6.07) is 14.5. The minimum atomic E-state index is -0.944. The van der Waals surface area contributed by atoms with Crippen LogP contribution < -0.4 is 4.90 Å². The Morgan fingerprint density at radius 1 is 1.14 bits per heavy atom. The van der Waals surface area contributed by atoms with E-state index < -0.39 is 5.97 Å². The molecule has 0 fully saturated rings. The van der Waals surface area contributed by atoms with Gasteiger partial charge in [-0.3, -0.25) is 0 Å². The van der Waals surface area contributed by atoms with Crippen LogP contribution in [0.1, 0.15) is 16.7 Å². The predicted molar refractivity (Wildman–Crippen MR) is 87.1 cm³/mol. The molecule has 1 aliphatic heterocycles. The molecule has 0 aromatic heterocycles. The SMILES string of the molecule is O=C(O)/C=C/c1ccc(N2Cc3ccccc3C2)cc1Br. The third kappa shape index (κ3) is 3.00. The molecule has 21 heavy (non-hydrogen) atoms. The quantitative estimate of drug-likeness (QED) is 0.854. The fourth-order valence-electron chi connectivity index (χ4n) is 2.52. The van der Waals surface area contributed by atoms with Crippen LogP contribution in [0.5, 0.6) is 0 Å². The van der Waals surface area contributed by atoms with Gasteiger partial charge in [-0.15, -0.1) is 0 Å².